The van der Waals surface area contributed by atoms with Gasteiger partial charge in [0.05, 0.1) is 12.8 Å². The van der Waals surface area contributed by atoms with E-state index < -0.39 is 0 Å². The normalized spacial score (nSPS) is 25.0. The van der Waals surface area contributed by atoms with Gasteiger partial charge in [-0.15, -0.1) is 0 Å². The zero-order valence-electron chi connectivity index (χ0n) is 14.6. The number of rotatable bonds is 5. The van der Waals surface area contributed by atoms with Gasteiger partial charge in [0, 0.05) is 0 Å². The van der Waals surface area contributed by atoms with Gasteiger partial charge in [0.25, 0.3) is 0 Å². The second-order valence-electron chi connectivity index (χ2n) is 6.68. The molecule has 4 nitrogen and oxygen atoms in total. The Morgan fingerprint density at radius 1 is 0.667 bits per heavy atom. The summed E-state index contributed by atoms with van der Waals surface area (Å²) in [5.41, 5.74) is 0. The van der Waals surface area contributed by atoms with E-state index in [-0.39, 0.29) is 37.0 Å². The lowest BCUT2D eigenvalue weighted by Crippen LogP contribution is -2.22. The predicted molar refractivity (Wildman–Crippen MR) is 93.4 cm³/mol. The Bertz CT molecular complexity index is 411. The molecule has 0 aromatic carbocycles. The number of hydrogen-bond donors (Lipinski definition) is 0. The first-order chi connectivity index (χ1) is 11.7. The summed E-state index contributed by atoms with van der Waals surface area (Å²) in [7, 11) is 0. The van der Waals surface area contributed by atoms with Crippen LogP contribution in [0.5, 0.6) is 0 Å². The molecule has 2 atom stereocenters. The van der Waals surface area contributed by atoms with Gasteiger partial charge in [-0.2, -0.15) is 0 Å². The molecule has 0 amide bonds. The van der Waals surface area contributed by atoms with E-state index >= 15 is 0 Å². The average Bonchev–Trinajstić information content (AvgIpc) is 2.50. The largest absolute Gasteiger partial charge is 0.462 e. The Balaban J connectivity index is 1.64. The maximum atomic E-state index is 11.9. The minimum atomic E-state index is -0.276. The molecule has 0 heterocycles. The van der Waals surface area contributed by atoms with E-state index in [0.717, 1.165) is 64.2 Å². The fraction of sp³-hybridized carbons (Fsp3) is 0.700. The van der Waals surface area contributed by atoms with Crippen LogP contribution in [0.3, 0.4) is 0 Å². The van der Waals surface area contributed by atoms with Gasteiger partial charge in [-0.05, 0) is 64.2 Å². The number of carbonyl (C=O) groups excluding carboxylic acids is 2. The first-order valence-electron chi connectivity index (χ1n) is 9.43. The van der Waals surface area contributed by atoms with Crippen molar-refractivity contribution in [2.24, 2.45) is 0 Å². The van der Waals surface area contributed by atoms with Crippen molar-refractivity contribution >= 4 is 11.9 Å². The van der Waals surface area contributed by atoms with E-state index in [1.165, 1.54) is 0 Å². The van der Waals surface area contributed by atoms with Gasteiger partial charge in [0.2, 0.25) is 0 Å². The van der Waals surface area contributed by atoms with Crippen LogP contribution in [0.4, 0.5) is 0 Å². The third-order valence-corrected chi connectivity index (χ3v) is 4.57. The van der Waals surface area contributed by atoms with Crippen LogP contribution in [0, 0.1) is 0 Å². The van der Waals surface area contributed by atoms with E-state index in [0.29, 0.717) is 0 Å². The van der Waals surface area contributed by atoms with E-state index in [2.05, 4.69) is 24.3 Å². The molecule has 0 radical (unpaired) electrons. The SMILES string of the molecule is O=C(CCC(=O)OC1CCC=CCCC1)OC1CCC=CCCC1. The molecular formula is C20H30O4. The van der Waals surface area contributed by atoms with Crippen LogP contribution in [0.2, 0.25) is 0 Å². The van der Waals surface area contributed by atoms with Crippen molar-refractivity contribution in [3.63, 3.8) is 0 Å². The van der Waals surface area contributed by atoms with Crippen molar-refractivity contribution < 1.29 is 19.1 Å². The van der Waals surface area contributed by atoms with E-state index in [1.807, 2.05) is 0 Å². The summed E-state index contributed by atoms with van der Waals surface area (Å²) in [6.45, 7) is 0. The summed E-state index contributed by atoms with van der Waals surface area (Å²) in [4.78, 5) is 23.9. The number of hydrogen-bond acceptors (Lipinski definition) is 4. The molecule has 134 valence electrons. The topological polar surface area (TPSA) is 52.6 Å². The Morgan fingerprint density at radius 3 is 1.54 bits per heavy atom. The van der Waals surface area contributed by atoms with Crippen LogP contribution in [0.1, 0.15) is 77.0 Å². The first kappa shape index (κ1) is 18.8. The molecule has 0 aromatic heterocycles. The summed E-state index contributed by atoms with van der Waals surface area (Å²) >= 11 is 0. The lowest BCUT2D eigenvalue weighted by atomic mass is 10.0. The molecule has 0 N–H and O–H groups in total. The first-order valence-corrected chi connectivity index (χ1v) is 9.43. The standard InChI is InChI=1S/C20H30O4/c21-19(23-17-11-7-3-1-4-8-12-17)15-16-20(22)24-18-13-9-5-2-6-10-14-18/h1-3,5,17-18H,4,6-16H2. The second-order valence-corrected chi connectivity index (χ2v) is 6.68. The highest BCUT2D eigenvalue weighted by atomic mass is 16.5. The van der Waals surface area contributed by atoms with Crippen LogP contribution in [-0.2, 0) is 19.1 Å². The molecule has 0 saturated carbocycles. The number of allylic oxidation sites excluding steroid dienone is 4. The predicted octanol–water partition coefficient (Wildman–Crippen LogP) is 4.63. The van der Waals surface area contributed by atoms with Gasteiger partial charge in [0.15, 0.2) is 0 Å². The summed E-state index contributed by atoms with van der Waals surface area (Å²) in [6, 6.07) is 0. The van der Waals surface area contributed by atoms with Crippen LogP contribution >= 0.6 is 0 Å². The summed E-state index contributed by atoms with van der Waals surface area (Å²) in [5, 5.41) is 0. The zero-order valence-corrected chi connectivity index (χ0v) is 14.6. The highest BCUT2D eigenvalue weighted by Crippen LogP contribution is 2.18. The number of carbonyl (C=O) groups is 2. The third kappa shape index (κ3) is 7.80. The Kier molecular flexibility index (Phi) is 8.64. The van der Waals surface area contributed by atoms with Crippen molar-refractivity contribution in [2.45, 2.75) is 89.3 Å². The van der Waals surface area contributed by atoms with Crippen LogP contribution in [0.15, 0.2) is 24.3 Å². The third-order valence-electron chi connectivity index (χ3n) is 4.57. The fourth-order valence-corrected chi connectivity index (χ4v) is 3.18. The zero-order chi connectivity index (χ0) is 17.0. The average molecular weight is 334 g/mol. The molecule has 4 heteroatoms. The molecule has 2 aliphatic carbocycles. The van der Waals surface area contributed by atoms with Crippen molar-refractivity contribution in [2.75, 3.05) is 0 Å². The molecule has 0 fully saturated rings. The van der Waals surface area contributed by atoms with Gasteiger partial charge in [-0.1, -0.05) is 24.3 Å². The van der Waals surface area contributed by atoms with Gasteiger partial charge in [-0.3, -0.25) is 9.59 Å². The molecule has 0 saturated heterocycles. The minimum absolute atomic E-state index is 0.00383. The van der Waals surface area contributed by atoms with E-state index in [9.17, 15) is 9.59 Å². The molecule has 24 heavy (non-hydrogen) atoms. The Morgan fingerprint density at radius 2 is 1.08 bits per heavy atom. The molecule has 0 spiro atoms. The molecule has 0 bridgehead atoms. The van der Waals surface area contributed by atoms with E-state index in [4.69, 9.17) is 9.47 Å². The lowest BCUT2D eigenvalue weighted by Gasteiger charge is -2.19. The monoisotopic (exact) mass is 334 g/mol. The van der Waals surface area contributed by atoms with Crippen LogP contribution in [0.25, 0.3) is 0 Å². The van der Waals surface area contributed by atoms with Gasteiger partial charge in [0.1, 0.15) is 12.2 Å². The lowest BCUT2D eigenvalue weighted by molar-refractivity contribution is -0.156. The summed E-state index contributed by atoms with van der Waals surface area (Å²) < 4.78 is 11.0. The molecule has 2 unspecified atom stereocenters. The maximum absolute atomic E-state index is 11.9. The molecular weight excluding hydrogens is 304 g/mol. The van der Waals surface area contributed by atoms with Crippen LogP contribution in [-0.4, -0.2) is 24.1 Å². The number of ether oxygens (including phenoxy) is 2. The summed E-state index contributed by atoms with van der Waals surface area (Å²) in [5.74, 6) is -0.552. The Labute approximate surface area is 145 Å². The van der Waals surface area contributed by atoms with Gasteiger partial charge < -0.3 is 9.47 Å². The Hall–Kier alpha value is -1.58. The smallest absolute Gasteiger partial charge is 0.306 e. The van der Waals surface area contributed by atoms with Crippen molar-refractivity contribution in [1.82, 2.24) is 0 Å². The highest BCUT2D eigenvalue weighted by molar-refractivity contribution is 5.77. The van der Waals surface area contributed by atoms with Gasteiger partial charge >= 0.3 is 11.9 Å². The minimum Gasteiger partial charge on any atom is -0.462 e. The van der Waals surface area contributed by atoms with Crippen molar-refractivity contribution in [3.05, 3.63) is 24.3 Å². The van der Waals surface area contributed by atoms with Crippen molar-refractivity contribution in [1.29, 1.82) is 0 Å². The summed E-state index contributed by atoms with van der Waals surface area (Å²) in [6.07, 6.45) is 18.6. The maximum Gasteiger partial charge on any atom is 0.306 e. The molecule has 2 aliphatic rings. The molecule has 0 aromatic rings. The second kappa shape index (κ2) is 11.1. The van der Waals surface area contributed by atoms with Gasteiger partial charge in [-0.25, -0.2) is 0 Å². The molecule has 2 rings (SSSR count). The van der Waals surface area contributed by atoms with E-state index in [1.54, 1.807) is 0 Å². The van der Waals surface area contributed by atoms with Crippen molar-refractivity contribution in [3.8, 4) is 0 Å². The molecule has 0 aliphatic heterocycles. The fourth-order valence-electron chi connectivity index (χ4n) is 3.18. The van der Waals surface area contributed by atoms with Crippen LogP contribution < -0.4 is 0 Å². The quantitative estimate of drug-likeness (QED) is 0.543. The number of esters is 2. The highest BCUT2D eigenvalue weighted by Gasteiger charge is 2.18.